The Hall–Kier alpha value is -2.34. The van der Waals surface area contributed by atoms with Crippen molar-refractivity contribution in [1.29, 1.82) is 0 Å². The number of halogens is 2. The Labute approximate surface area is 161 Å². The van der Waals surface area contributed by atoms with Crippen LogP contribution in [0.25, 0.3) is 11.3 Å². The van der Waals surface area contributed by atoms with E-state index in [4.69, 9.17) is 27.9 Å². The summed E-state index contributed by atoms with van der Waals surface area (Å²) < 4.78 is 5.11. The number of hydrogen-bond donors (Lipinski definition) is 2. The molecule has 7 heteroatoms. The molecule has 0 spiro atoms. The molecule has 0 saturated heterocycles. The first-order valence-electron chi connectivity index (χ1n) is 7.93. The SMILES string of the molecule is COCc1cccc(CC(=O)Nc2cc(-c3cccc(Cl)c3Cl)[nH]n2)c1. The molecule has 2 aromatic carbocycles. The van der Waals surface area contributed by atoms with Gasteiger partial charge in [0.25, 0.3) is 0 Å². The Morgan fingerprint density at radius 3 is 2.73 bits per heavy atom. The zero-order valence-corrected chi connectivity index (χ0v) is 15.6. The number of hydrogen-bond acceptors (Lipinski definition) is 3. The molecule has 3 aromatic rings. The van der Waals surface area contributed by atoms with Gasteiger partial charge in [-0.15, -0.1) is 0 Å². The molecule has 0 fully saturated rings. The maximum Gasteiger partial charge on any atom is 0.229 e. The standard InChI is InChI=1S/C19H17Cl2N3O2/c1-26-11-13-5-2-4-12(8-13)9-18(25)22-17-10-16(23-24-17)14-6-3-7-15(20)19(14)21/h2-8,10H,9,11H2,1H3,(H2,22,23,24,25). The number of carbonyl (C=O) groups is 1. The summed E-state index contributed by atoms with van der Waals surface area (Å²) in [6, 6.07) is 14.8. The molecule has 0 unspecified atom stereocenters. The molecule has 0 atom stereocenters. The highest BCUT2D eigenvalue weighted by atomic mass is 35.5. The van der Waals surface area contributed by atoms with Gasteiger partial charge in [0.15, 0.2) is 5.82 Å². The van der Waals surface area contributed by atoms with Crippen molar-refractivity contribution in [3.8, 4) is 11.3 Å². The monoisotopic (exact) mass is 389 g/mol. The summed E-state index contributed by atoms with van der Waals surface area (Å²) in [5.41, 5.74) is 3.33. The maximum absolute atomic E-state index is 12.3. The lowest BCUT2D eigenvalue weighted by atomic mass is 10.1. The number of H-pyrrole nitrogens is 1. The third-order valence-corrected chi connectivity index (χ3v) is 4.57. The molecule has 0 aliphatic rings. The van der Waals surface area contributed by atoms with Gasteiger partial charge in [0.05, 0.1) is 28.8 Å². The zero-order valence-electron chi connectivity index (χ0n) is 14.1. The number of anilines is 1. The van der Waals surface area contributed by atoms with Gasteiger partial charge >= 0.3 is 0 Å². The molecule has 2 N–H and O–H groups in total. The molecule has 134 valence electrons. The van der Waals surface area contributed by atoms with Gasteiger partial charge < -0.3 is 10.1 Å². The first-order chi connectivity index (χ1) is 12.6. The number of carbonyl (C=O) groups excluding carboxylic acids is 1. The highest BCUT2D eigenvalue weighted by molar-refractivity contribution is 6.43. The van der Waals surface area contributed by atoms with E-state index in [-0.39, 0.29) is 12.3 Å². The molecule has 1 heterocycles. The van der Waals surface area contributed by atoms with Crippen LogP contribution in [0.4, 0.5) is 5.82 Å². The lowest BCUT2D eigenvalue weighted by molar-refractivity contribution is -0.115. The smallest absolute Gasteiger partial charge is 0.229 e. The van der Waals surface area contributed by atoms with Gasteiger partial charge in [-0.05, 0) is 17.2 Å². The average Bonchev–Trinajstić information content (AvgIpc) is 3.06. The Bertz CT molecular complexity index is 925. The number of aromatic amines is 1. The molecule has 26 heavy (non-hydrogen) atoms. The minimum absolute atomic E-state index is 0.158. The van der Waals surface area contributed by atoms with Gasteiger partial charge in [-0.2, -0.15) is 5.10 Å². The topological polar surface area (TPSA) is 67.0 Å². The number of benzene rings is 2. The number of rotatable bonds is 6. The van der Waals surface area contributed by atoms with E-state index in [2.05, 4.69) is 15.5 Å². The summed E-state index contributed by atoms with van der Waals surface area (Å²) in [4.78, 5) is 12.3. The molecule has 1 amide bonds. The number of amides is 1. The fourth-order valence-corrected chi connectivity index (χ4v) is 3.01. The van der Waals surface area contributed by atoms with E-state index >= 15 is 0 Å². The summed E-state index contributed by atoms with van der Waals surface area (Å²) >= 11 is 12.2. The van der Waals surface area contributed by atoms with Gasteiger partial charge in [0.1, 0.15) is 0 Å². The number of aromatic nitrogens is 2. The van der Waals surface area contributed by atoms with Crippen molar-refractivity contribution < 1.29 is 9.53 Å². The molecular weight excluding hydrogens is 373 g/mol. The lowest BCUT2D eigenvalue weighted by Gasteiger charge is -2.05. The minimum atomic E-state index is -0.158. The molecule has 5 nitrogen and oxygen atoms in total. The van der Waals surface area contributed by atoms with Gasteiger partial charge in [0, 0.05) is 18.7 Å². The molecule has 0 saturated carbocycles. The summed E-state index contributed by atoms with van der Waals surface area (Å²) in [7, 11) is 1.64. The van der Waals surface area contributed by atoms with Gasteiger partial charge in [-0.3, -0.25) is 9.89 Å². The summed E-state index contributed by atoms with van der Waals surface area (Å²) in [5.74, 6) is 0.267. The van der Waals surface area contributed by atoms with Crippen LogP contribution >= 0.6 is 23.2 Å². The second-order valence-electron chi connectivity index (χ2n) is 5.75. The highest BCUT2D eigenvalue weighted by Crippen LogP contribution is 2.33. The van der Waals surface area contributed by atoms with Crippen molar-refractivity contribution in [1.82, 2.24) is 10.2 Å². The van der Waals surface area contributed by atoms with Crippen molar-refractivity contribution in [3.05, 3.63) is 69.7 Å². The molecular formula is C19H17Cl2N3O2. The van der Waals surface area contributed by atoms with Crippen LogP contribution < -0.4 is 5.32 Å². The Kier molecular flexibility index (Phi) is 5.93. The maximum atomic E-state index is 12.3. The highest BCUT2D eigenvalue weighted by Gasteiger charge is 2.12. The summed E-state index contributed by atoms with van der Waals surface area (Å²) in [6.45, 7) is 0.512. The zero-order chi connectivity index (χ0) is 18.5. The minimum Gasteiger partial charge on any atom is -0.380 e. The fourth-order valence-electron chi connectivity index (χ4n) is 2.60. The van der Waals surface area contributed by atoms with Gasteiger partial charge in [0.2, 0.25) is 5.91 Å². The first kappa shape index (κ1) is 18.5. The van der Waals surface area contributed by atoms with E-state index in [9.17, 15) is 4.79 Å². The van der Waals surface area contributed by atoms with Crippen LogP contribution in [0.2, 0.25) is 10.0 Å². The largest absolute Gasteiger partial charge is 0.380 e. The third kappa shape index (κ3) is 4.43. The van der Waals surface area contributed by atoms with Crippen LogP contribution in [0.3, 0.4) is 0 Å². The molecule has 0 aliphatic heterocycles. The fraction of sp³-hybridized carbons (Fsp3) is 0.158. The van der Waals surface area contributed by atoms with Crippen LogP contribution in [-0.4, -0.2) is 23.2 Å². The Balaban J connectivity index is 1.68. The molecule has 1 aromatic heterocycles. The Morgan fingerprint density at radius 2 is 1.92 bits per heavy atom. The van der Waals surface area contributed by atoms with E-state index in [0.717, 1.165) is 16.7 Å². The first-order valence-corrected chi connectivity index (χ1v) is 8.69. The van der Waals surface area contributed by atoms with Crippen LogP contribution in [0.1, 0.15) is 11.1 Å². The predicted molar refractivity (Wildman–Crippen MR) is 104 cm³/mol. The van der Waals surface area contributed by atoms with Crippen molar-refractivity contribution in [2.45, 2.75) is 13.0 Å². The Morgan fingerprint density at radius 1 is 1.15 bits per heavy atom. The van der Waals surface area contributed by atoms with E-state index in [0.29, 0.717) is 28.2 Å². The predicted octanol–water partition coefficient (Wildman–Crippen LogP) is 4.71. The molecule has 0 aliphatic carbocycles. The quantitative estimate of drug-likeness (QED) is 0.641. The lowest BCUT2D eigenvalue weighted by Crippen LogP contribution is -2.14. The second kappa shape index (κ2) is 8.36. The molecule has 0 radical (unpaired) electrons. The van der Waals surface area contributed by atoms with Gasteiger partial charge in [-0.1, -0.05) is 59.6 Å². The van der Waals surface area contributed by atoms with Crippen molar-refractivity contribution in [2.24, 2.45) is 0 Å². The number of nitrogens with zero attached hydrogens (tertiary/aromatic N) is 1. The second-order valence-corrected chi connectivity index (χ2v) is 6.53. The average molecular weight is 390 g/mol. The number of methoxy groups -OCH3 is 1. The number of nitrogens with one attached hydrogen (secondary N) is 2. The van der Waals surface area contributed by atoms with Crippen LogP contribution in [0, 0.1) is 0 Å². The van der Waals surface area contributed by atoms with E-state index in [1.54, 1.807) is 25.3 Å². The van der Waals surface area contributed by atoms with E-state index in [1.165, 1.54) is 0 Å². The molecule has 0 bridgehead atoms. The molecule has 3 rings (SSSR count). The van der Waals surface area contributed by atoms with Crippen molar-refractivity contribution >= 4 is 34.9 Å². The third-order valence-electron chi connectivity index (χ3n) is 3.75. The summed E-state index contributed by atoms with van der Waals surface area (Å²) in [5, 5.41) is 10.6. The van der Waals surface area contributed by atoms with E-state index in [1.807, 2.05) is 30.3 Å². The van der Waals surface area contributed by atoms with Crippen molar-refractivity contribution in [3.63, 3.8) is 0 Å². The van der Waals surface area contributed by atoms with Crippen LogP contribution in [0.15, 0.2) is 48.5 Å². The van der Waals surface area contributed by atoms with Gasteiger partial charge in [-0.25, -0.2) is 0 Å². The number of ether oxygens (including phenoxy) is 1. The summed E-state index contributed by atoms with van der Waals surface area (Å²) in [6.07, 6.45) is 0.248. The van der Waals surface area contributed by atoms with Crippen LogP contribution in [0.5, 0.6) is 0 Å². The van der Waals surface area contributed by atoms with Crippen molar-refractivity contribution in [2.75, 3.05) is 12.4 Å². The van der Waals surface area contributed by atoms with Crippen LogP contribution in [-0.2, 0) is 22.6 Å². The normalized spacial score (nSPS) is 10.7. The van der Waals surface area contributed by atoms with E-state index < -0.39 is 0 Å².